The Hall–Kier alpha value is -3.12. The molecule has 0 saturated carbocycles. The van der Waals surface area contributed by atoms with Gasteiger partial charge in [-0.15, -0.1) is 11.6 Å². The molecule has 6 heteroatoms. The number of halogens is 1. The summed E-state index contributed by atoms with van der Waals surface area (Å²) in [7, 11) is 1.90. The smallest absolute Gasteiger partial charge is 0.328 e. The van der Waals surface area contributed by atoms with Crippen molar-refractivity contribution in [3.63, 3.8) is 0 Å². The van der Waals surface area contributed by atoms with Crippen molar-refractivity contribution >= 4 is 28.7 Å². The third-order valence-electron chi connectivity index (χ3n) is 5.27. The van der Waals surface area contributed by atoms with Gasteiger partial charge in [0.25, 0.3) is 0 Å². The molecule has 0 radical (unpaired) electrons. The summed E-state index contributed by atoms with van der Waals surface area (Å²) in [4.78, 5) is 11.9. The van der Waals surface area contributed by atoms with Crippen molar-refractivity contribution < 1.29 is 14.3 Å². The van der Waals surface area contributed by atoms with E-state index < -0.39 is 12.0 Å². The van der Waals surface area contributed by atoms with Gasteiger partial charge in [-0.2, -0.15) is 0 Å². The van der Waals surface area contributed by atoms with E-state index >= 15 is 0 Å². The van der Waals surface area contributed by atoms with Crippen LogP contribution in [0.1, 0.15) is 57.7 Å². The molecule has 5 nitrogen and oxygen atoms in total. The molecule has 0 amide bonds. The first-order chi connectivity index (χ1) is 18.5. The number of nitrogens with two attached hydrogens (primary N) is 1. The number of likely N-dealkylation sites (N-methyl/N-ethyl adjacent to an activating group) is 1. The van der Waals surface area contributed by atoms with E-state index in [1.807, 2.05) is 77.2 Å². The Morgan fingerprint density at radius 3 is 1.84 bits per heavy atom. The van der Waals surface area contributed by atoms with E-state index in [1.54, 1.807) is 19.1 Å². The zero-order chi connectivity index (χ0) is 28.3. The summed E-state index contributed by atoms with van der Waals surface area (Å²) >= 11 is 6.24. The zero-order valence-corrected chi connectivity index (χ0v) is 24.3. The minimum atomic E-state index is -0.683. The van der Waals surface area contributed by atoms with Crippen molar-refractivity contribution in [2.45, 2.75) is 47.1 Å². The van der Waals surface area contributed by atoms with Gasteiger partial charge in [0, 0.05) is 12.4 Å². The van der Waals surface area contributed by atoms with E-state index in [2.05, 4.69) is 29.6 Å². The summed E-state index contributed by atoms with van der Waals surface area (Å²) in [6, 6.07) is 25.1. The molecule has 0 unspecified atom stereocenters. The number of benzene rings is 3. The molecule has 3 N–H and O–H groups in total. The number of carbonyl (C=O) groups is 1. The van der Waals surface area contributed by atoms with Crippen LogP contribution in [-0.2, 0) is 4.79 Å². The molecule has 0 bridgehead atoms. The molecular formula is C32H43ClN2O3. The number of alkyl halides is 1. The number of hydrogen-bond donors (Lipinski definition) is 2. The maximum absolute atomic E-state index is 11.9. The lowest BCUT2D eigenvalue weighted by Gasteiger charge is -2.18. The summed E-state index contributed by atoms with van der Waals surface area (Å²) in [5, 5.41) is 3.08. The topological polar surface area (TPSA) is 73.6 Å². The van der Waals surface area contributed by atoms with Crippen molar-refractivity contribution in [2.75, 3.05) is 26.1 Å². The third kappa shape index (κ3) is 10.3. The standard InChI is InChI=1S/C28H31ClN2O3.2C2H6/c1-20(30)28(32)34-25-14-10-23(11-15-25)27(26(16-17-29)21-6-4-3-5-7-21)22-8-12-24(13-9-22)33-19-18-31-2;2*1-2/h3-15,20,31H,16-19,30H2,1-2H3;2*1-2H3/b27-26+;;/t20-;;/m0../s1. The number of esters is 1. The van der Waals surface area contributed by atoms with E-state index in [-0.39, 0.29) is 0 Å². The van der Waals surface area contributed by atoms with Crippen molar-refractivity contribution in [2.24, 2.45) is 5.73 Å². The Bertz CT molecular complexity index is 1080. The van der Waals surface area contributed by atoms with Gasteiger partial charge in [-0.3, -0.25) is 0 Å². The molecule has 0 fully saturated rings. The van der Waals surface area contributed by atoms with Gasteiger partial charge >= 0.3 is 5.97 Å². The fourth-order valence-corrected chi connectivity index (χ4v) is 3.74. The molecular weight excluding hydrogens is 496 g/mol. The molecule has 3 rings (SSSR count). The van der Waals surface area contributed by atoms with Crippen LogP contribution < -0.4 is 20.5 Å². The Morgan fingerprint density at radius 1 is 0.842 bits per heavy atom. The first-order valence-electron chi connectivity index (χ1n) is 13.3. The number of nitrogens with one attached hydrogen (secondary N) is 1. The minimum absolute atomic E-state index is 0.456. The van der Waals surface area contributed by atoms with Gasteiger partial charge in [-0.05, 0) is 72.5 Å². The molecule has 3 aromatic carbocycles. The Kier molecular flexibility index (Phi) is 16.5. The number of allylic oxidation sites excluding steroid dienone is 1. The average Bonchev–Trinajstić information content (AvgIpc) is 2.97. The minimum Gasteiger partial charge on any atom is -0.492 e. The first-order valence-corrected chi connectivity index (χ1v) is 13.9. The molecule has 0 spiro atoms. The second kappa shape index (κ2) is 19.0. The molecule has 0 heterocycles. The van der Waals surface area contributed by atoms with E-state index in [0.29, 0.717) is 24.7 Å². The van der Waals surface area contributed by atoms with Crippen LogP contribution >= 0.6 is 11.6 Å². The van der Waals surface area contributed by atoms with Gasteiger partial charge in [-0.25, -0.2) is 4.79 Å². The molecule has 0 aliphatic rings. The van der Waals surface area contributed by atoms with Crippen LogP contribution in [0.3, 0.4) is 0 Å². The highest BCUT2D eigenvalue weighted by molar-refractivity contribution is 6.18. The summed E-state index contributed by atoms with van der Waals surface area (Å²) < 4.78 is 11.1. The van der Waals surface area contributed by atoms with E-state index in [4.69, 9.17) is 26.8 Å². The maximum Gasteiger partial charge on any atom is 0.328 e. The zero-order valence-electron chi connectivity index (χ0n) is 23.6. The molecule has 3 aromatic rings. The van der Waals surface area contributed by atoms with Crippen molar-refractivity contribution in [1.82, 2.24) is 5.32 Å². The molecule has 1 atom stereocenters. The van der Waals surface area contributed by atoms with Crippen LogP contribution in [0.15, 0.2) is 78.9 Å². The lowest BCUT2D eigenvalue weighted by molar-refractivity contribution is -0.135. The van der Waals surface area contributed by atoms with E-state index in [0.717, 1.165) is 40.1 Å². The van der Waals surface area contributed by atoms with Gasteiger partial charge in [-0.1, -0.05) is 82.3 Å². The maximum atomic E-state index is 11.9. The third-order valence-corrected chi connectivity index (χ3v) is 5.45. The molecule has 0 aliphatic carbocycles. The fraction of sp³-hybridized carbons (Fsp3) is 0.344. The van der Waals surface area contributed by atoms with Gasteiger partial charge in [0.15, 0.2) is 0 Å². The molecule has 38 heavy (non-hydrogen) atoms. The lowest BCUT2D eigenvalue weighted by Crippen LogP contribution is -2.30. The number of rotatable bonds is 11. The number of hydrogen-bond acceptors (Lipinski definition) is 5. The van der Waals surface area contributed by atoms with Crippen LogP contribution in [0.5, 0.6) is 11.5 Å². The summed E-state index contributed by atoms with van der Waals surface area (Å²) in [6.07, 6.45) is 0.697. The summed E-state index contributed by atoms with van der Waals surface area (Å²) in [5.74, 6) is 1.29. The highest BCUT2D eigenvalue weighted by Crippen LogP contribution is 2.36. The Morgan fingerprint density at radius 2 is 1.37 bits per heavy atom. The SMILES string of the molecule is CC.CC.CNCCOc1ccc(/C(=C(/CCCl)c2ccccc2)c2ccc(OC(=O)[C@H](C)N)cc2)cc1. The normalized spacial score (nSPS) is 11.6. The van der Waals surface area contributed by atoms with Gasteiger partial charge in [0.05, 0.1) is 0 Å². The van der Waals surface area contributed by atoms with Crippen LogP contribution in [0.25, 0.3) is 11.1 Å². The summed E-state index contributed by atoms with van der Waals surface area (Å²) in [6.45, 7) is 11.0. The van der Waals surface area contributed by atoms with E-state index in [9.17, 15) is 4.79 Å². The highest BCUT2D eigenvalue weighted by atomic mass is 35.5. The van der Waals surface area contributed by atoms with Gasteiger partial charge < -0.3 is 20.5 Å². The van der Waals surface area contributed by atoms with Crippen molar-refractivity contribution in [3.8, 4) is 11.5 Å². The molecule has 0 aromatic heterocycles. The van der Waals surface area contributed by atoms with Gasteiger partial charge in [0.1, 0.15) is 24.1 Å². The van der Waals surface area contributed by atoms with Crippen molar-refractivity contribution in [3.05, 3.63) is 95.6 Å². The molecule has 0 aliphatic heterocycles. The van der Waals surface area contributed by atoms with E-state index in [1.165, 1.54) is 0 Å². The monoisotopic (exact) mass is 538 g/mol. The fourth-order valence-electron chi connectivity index (χ4n) is 3.55. The Labute approximate surface area is 234 Å². The predicted octanol–water partition coefficient (Wildman–Crippen LogP) is 7.18. The summed E-state index contributed by atoms with van der Waals surface area (Å²) in [5.41, 5.74) is 11.0. The van der Waals surface area contributed by atoms with Crippen molar-refractivity contribution in [1.29, 1.82) is 0 Å². The van der Waals surface area contributed by atoms with Crippen LogP contribution in [0.4, 0.5) is 0 Å². The molecule has 0 saturated heterocycles. The largest absolute Gasteiger partial charge is 0.492 e. The highest BCUT2D eigenvalue weighted by Gasteiger charge is 2.15. The predicted molar refractivity (Wildman–Crippen MR) is 162 cm³/mol. The second-order valence-electron chi connectivity index (χ2n) is 7.87. The quantitative estimate of drug-likeness (QED) is 0.0889. The number of ether oxygens (including phenoxy) is 2. The van der Waals surface area contributed by atoms with Crippen LogP contribution in [0, 0.1) is 0 Å². The Balaban J connectivity index is 0.00000172. The number of carbonyl (C=O) groups excluding carboxylic acids is 1. The van der Waals surface area contributed by atoms with Crippen LogP contribution in [-0.4, -0.2) is 38.1 Å². The van der Waals surface area contributed by atoms with Gasteiger partial charge in [0.2, 0.25) is 0 Å². The van der Waals surface area contributed by atoms with Crippen LogP contribution in [0.2, 0.25) is 0 Å². The average molecular weight is 539 g/mol. The molecule has 206 valence electrons. The second-order valence-corrected chi connectivity index (χ2v) is 8.25. The first kappa shape index (κ1) is 32.9. The lowest BCUT2D eigenvalue weighted by atomic mass is 9.88.